The van der Waals surface area contributed by atoms with Crippen molar-refractivity contribution in [2.75, 3.05) is 18.9 Å². The van der Waals surface area contributed by atoms with Crippen molar-refractivity contribution in [2.45, 2.75) is 26.4 Å². The van der Waals surface area contributed by atoms with E-state index in [2.05, 4.69) is 40.2 Å². The van der Waals surface area contributed by atoms with Crippen LogP contribution in [-0.2, 0) is 19.5 Å². The molecule has 29 heavy (non-hydrogen) atoms. The molecule has 2 heterocycles. The van der Waals surface area contributed by atoms with E-state index in [1.165, 1.54) is 5.56 Å². The lowest BCUT2D eigenvalue weighted by atomic mass is 9.90. The van der Waals surface area contributed by atoms with Gasteiger partial charge in [-0.25, -0.2) is 4.98 Å². The van der Waals surface area contributed by atoms with Crippen LogP contribution < -0.4 is 10.5 Å². The number of nitrogens with zero attached hydrogens (tertiary/aromatic N) is 3. The van der Waals surface area contributed by atoms with Crippen molar-refractivity contribution in [3.05, 3.63) is 77.0 Å². The van der Waals surface area contributed by atoms with E-state index in [4.69, 9.17) is 10.5 Å². The molecular formula is C24H24N4O. The van der Waals surface area contributed by atoms with Crippen LogP contribution in [0.25, 0.3) is 11.1 Å². The van der Waals surface area contributed by atoms with Gasteiger partial charge in [-0.05, 0) is 24.1 Å². The maximum Gasteiger partial charge on any atom is 0.142 e. The van der Waals surface area contributed by atoms with Crippen LogP contribution in [0.1, 0.15) is 29.3 Å². The second kappa shape index (κ2) is 8.34. The summed E-state index contributed by atoms with van der Waals surface area (Å²) in [7, 11) is 0. The Morgan fingerprint density at radius 2 is 1.90 bits per heavy atom. The third-order valence-corrected chi connectivity index (χ3v) is 5.28. The van der Waals surface area contributed by atoms with Crippen molar-refractivity contribution in [3.63, 3.8) is 0 Å². The lowest BCUT2D eigenvalue weighted by molar-refractivity contribution is 0.244. The van der Waals surface area contributed by atoms with Crippen molar-refractivity contribution >= 4 is 5.82 Å². The van der Waals surface area contributed by atoms with Crippen molar-refractivity contribution in [2.24, 2.45) is 0 Å². The number of benzene rings is 2. The molecule has 1 aliphatic rings. The number of ether oxygens (including phenoxy) is 1. The highest BCUT2D eigenvalue weighted by Gasteiger charge is 2.26. The van der Waals surface area contributed by atoms with Gasteiger partial charge in [0.15, 0.2) is 0 Å². The first kappa shape index (κ1) is 19.0. The van der Waals surface area contributed by atoms with Gasteiger partial charge in [-0.15, -0.1) is 0 Å². The number of hydrogen-bond donors (Lipinski definition) is 1. The molecule has 0 saturated heterocycles. The monoisotopic (exact) mass is 384 g/mol. The Morgan fingerprint density at radius 3 is 2.66 bits per heavy atom. The number of fused-ring (bicyclic) bond motifs is 1. The maximum atomic E-state index is 9.86. The van der Waals surface area contributed by atoms with Gasteiger partial charge in [0.2, 0.25) is 0 Å². The predicted octanol–water partition coefficient (Wildman–Crippen LogP) is 4.16. The summed E-state index contributed by atoms with van der Waals surface area (Å²) in [5.41, 5.74) is 11.7. The number of nitrogen functional groups attached to an aromatic ring is 1. The first-order chi connectivity index (χ1) is 14.2. The van der Waals surface area contributed by atoms with Crippen LogP contribution in [0.2, 0.25) is 0 Å². The fourth-order valence-corrected chi connectivity index (χ4v) is 3.98. The zero-order valence-corrected chi connectivity index (χ0v) is 16.6. The van der Waals surface area contributed by atoms with Gasteiger partial charge in [-0.1, -0.05) is 48.5 Å². The largest absolute Gasteiger partial charge is 0.493 e. The van der Waals surface area contributed by atoms with Crippen molar-refractivity contribution in [3.8, 4) is 22.9 Å². The molecule has 0 amide bonds. The molecule has 5 nitrogen and oxygen atoms in total. The van der Waals surface area contributed by atoms with E-state index in [0.29, 0.717) is 18.0 Å². The SMILES string of the molecule is CCOc1ccccc1-c1c(C#N)c(N)nc2c1CN(Cc1ccccc1)CC2. The maximum absolute atomic E-state index is 9.86. The first-order valence-corrected chi connectivity index (χ1v) is 9.91. The summed E-state index contributed by atoms with van der Waals surface area (Å²) in [5, 5.41) is 9.86. The number of para-hydroxylation sites is 1. The first-order valence-electron chi connectivity index (χ1n) is 9.91. The Bertz CT molecular complexity index is 1060. The standard InChI is InChI=1S/C24H24N4O/c1-2-29-22-11-7-6-10-18(22)23-19(14-25)24(26)27-21-12-13-28(16-20(21)23)15-17-8-4-3-5-9-17/h3-11H,2,12-13,15-16H2,1H3,(H2,26,27). The molecule has 5 heteroatoms. The van der Waals surface area contributed by atoms with Crippen molar-refractivity contribution in [1.29, 1.82) is 5.26 Å². The van der Waals surface area contributed by atoms with Crippen LogP contribution in [0, 0.1) is 11.3 Å². The molecular weight excluding hydrogens is 360 g/mol. The van der Waals surface area contributed by atoms with E-state index in [1.807, 2.05) is 37.3 Å². The van der Waals surface area contributed by atoms with Crippen LogP contribution in [0.4, 0.5) is 5.82 Å². The minimum Gasteiger partial charge on any atom is -0.493 e. The van der Waals surface area contributed by atoms with Crippen LogP contribution >= 0.6 is 0 Å². The molecule has 0 fully saturated rings. The predicted molar refractivity (Wildman–Crippen MR) is 114 cm³/mol. The molecule has 0 aliphatic carbocycles. The smallest absolute Gasteiger partial charge is 0.142 e. The van der Waals surface area contributed by atoms with Crippen LogP contribution in [-0.4, -0.2) is 23.0 Å². The molecule has 1 aliphatic heterocycles. The molecule has 0 unspecified atom stereocenters. The Morgan fingerprint density at radius 1 is 1.14 bits per heavy atom. The number of anilines is 1. The van der Waals surface area contributed by atoms with Crippen LogP contribution in [0.15, 0.2) is 54.6 Å². The minimum absolute atomic E-state index is 0.295. The lowest BCUT2D eigenvalue weighted by Gasteiger charge is -2.31. The summed E-state index contributed by atoms with van der Waals surface area (Å²) in [6.07, 6.45) is 0.807. The molecule has 0 radical (unpaired) electrons. The van der Waals surface area contributed by atoms with Crippen LogP contribution in [0.3, 0.4) is 0 Å². The van der Waals surface area contributed by atoms with Gasteiger partial charge in [-0.3, -0.25) is 4.90 Å². The molecule has 4 rings (SSSR count). The number of nitriles is 1. The quantitative estimate of drug-likeness (QED) is 0.715. The highest BCUT2D eigenvalue weighted by molar-refractivity contribution is 5.82. The van der Waals surface area contributed by atoms with Gasteiger partial charge in [0.1, 0.15) is 23.2 Å². The zero-order valence-electron chi connectivity index (χ0n) is 16.6. The summed E-state index contributed by atoms with van der Waals surface area (Å²) in [6.45, 7) is 5.01. The third-order valence-electron chi connectivity index (χ3n) is 5.28. The molecule has 0 atom stereocenters. The van der Waals surface area contributed by atoms with E-state index < -0.39 is 0 Å². The molecule has 0 saturated carbocycles. The zero-order chi connectivity index (χ0) is 20.2. The summed E-state index contributed by atoms with van der Waals surface area (Å²) in [5.74, 6) is 1.06. The molecule has 0 bridgehead atoms. The Kier molecular flexibility index (Phi) is 5.46. The van der Waals surface area contributed by atoms with Crippen molar-refractivity contribution in [1.82, 2.24) is 9.88 Å². The molecule has 1 aromatic heterocycles. The van der Waals surface area contributed by atoms with E-state index in [0.717, 1.165) is 54.2 Å². The molecule has 3 aromatic rings. The lowest BCUT2D eigenvalue weighted by Crippen LogP contribution is -2.31. The number of nitrogens with two attached hydrogens (primary N) is 1. The van der Waals surface area contributed by atoms with E-state index in [-0.39, 0.29) is 0 Å². The topological polar surface area (TPSA) is 75.2 Å². The minimum atomic E-state index is 0.295. The van der Waals surface area contributed by atoms with Gasteiger partial charge in [0.05, 0.1) is 6.61 Å². The summed E-state index contributed by atoms with van der Waals surface area (Å²) in [6, 6.07) is 20.6. The van der Waals surface area contributed by atoms with Gasteiger partial charge in [0, 0.05) is 42.9 Å². The average molecular weight is 384 g/mol. The highest BCUT2D eigenvalue weighted by atomic mass is 16.5. The number of rotatable bonds is 5. The van der Waals surface area contributed by atoms with E-state index in [1.54, 1.807) is 0 Å². The van der Waals surface area contributed by atoms with Gasteiger partial charge in [0.25, 0.3) is 0 Å². The molecule has 146 valence electrons. The Hall–Kier alpha value is -3.36. The third kappa shape index (κ3) is 3.80. The van der Waals surface area contributed by atoms with E-state index >= 15 is 0 Å². The molecule has 0 spiro atoms. The van der Waals surface area contributed by atoms with E-state index in [9.17, 15) is 5.26 Å². The number of hydrogen-bond acceptors (Lipinski definition) is 5. The van der Waals surface area contributed by atoms with Gasteiger partial charge >= 0.3 is 0 Å². The second-order valence-electron chi connectivity index (χ2n) is 7.16. The molecule has 2 aromatic carbocycles. The van der Waals surface area contributed by atoms with Gasteiger partial charge in [-0.2, -0.15) is 5.26 Å². The van der Waals surface area contributed by atoms with Gasteiger partial charge < -0.3 is 10.5 Å². The Labute approximate surface area is 171 Å². The number of aromatic nitrogens is 1. The number of pyridine rings is 1. The normalized spacial score (nSPS) is 13.5. The summed E-state index contributed by atoms with van der Waals surface area (Å²) < 4.78 is 5.86. The second-order valence-corrected chi connectivity index (χ2v) is 7.16. The average Bonchev–Trinajstić information content (AvgIpc) is 2.74. The Balaban J connectivity index is 1.80. The highest BCUT2D eigenvalue weighted by Crippen LogP contribution is 2.39. The summed E-state index contributed by atoms with van der Waals surface area (Å²) >= 11 is 0. The summed E-state index contributed by atoms with van der Waals surface area (Å²) in [4.78, 5) is 6.97. The van der Waals surface area contributed by atoms with Crippen molar-refractivity contribution < 1.29 is 4.74 Å². The van der Waals surface area contributed by atoms with Crippen LogP contribution in [0.5, 0.6) is 5.75 Å². The fraction of sp³-hybridized carbons (Fsp3) is 0.250. The fourth-order valence-electron chi connectivity index (χ4n) is 3.98. The molecule has 2 N–H and O–H groups in total.